The van der Waals surface area contributed by atoms with Crippen LogP contribution in [0.5, 0.6) is 0 Å². The smallest absolute Gasteiger partial charge is 0.275 e. The summed E-state index contributed by atoms with van der Waals surface area (Å²) in [5.41, 5.74) is -0.0740. The minimum atomic E-state index is -0.975. The number of rotatable bonds is 4. The third kappa shape index (κ3) is 2.62. The summed E-state index contributed by atoms with van der Waals surface area (Å²) in [6.07, 6.45) is 0. The molecular formula is C11H8F2N2O2S. The summed E-state index contributed by atoms with van der Waals surface area (Å²) < 4.78 is 27.0. The van der Waals surface area contributed by atoms with Gasteiger partial charge in [-0.25, -0.2) is 8.78 Å². The molecule has 0 aliphatic rings. The van der Waals surface area contributed by atoms with E-state index in [1.165, 1.54) is 11.3 Å². The van der Waals surface area contributed by atoms with Crippen LogP contribution in [0.3, 0.4) is 0 Å². The Labute approximate surface area is 105 Å². The summed E-state index contributed by atoms with van der Waals surface area (Å²) in [5, 5.41) is 16.7. The van der Waals surface area contributed by atoms with Crippen molar-refractivity contribution in [1.82, 2.24) is 0 Å². The number of thiophene rings is 1. The number of hydrogen-bond donors (Lipinski definition) is 1. The summed E-state index contributed by atoms with van der Waals surface area (Å²) in [7, 11) is 0. The number of nitro groups is 1. The second-order valence-electron chi connectivity index (χ2n) is 3.53. The fourth-order valence-electron chi connectivity index (χ4n) is 1.42. The molecule has 2 aromatic rings. The van der Waals surface area contributed by atoms with Crippen molar-refractivity contribution in [3.63, 3.8) is 0 Å². The van der Waals surface area contributed by atoms with Crippen molar-refractivity contribution in [2.75, 3.05) is 5.32 Å². The number of halogens is 2. The van der Waals surface area contributed by atoms with Crippen LogP contribution in [0.25, 0.3) is 0 Å². The summed E-state index contributed by atoms with van der Waals surface area (Å²) in [5.74, 6) is -1.95. The highest BCUT2D eigenvalue weighted by molar-refractivity contribution is 7.07. The molecule has 0 aliphatic carbocycles. The Bertz CT molecular complexity index is 549. The van der Waals surface area contributed by atoms with Crippen LogP contribution in [0.1, 0.15) is 5.56 Å². The van der Waals surface area contributed by atoms with Gasteiger partial charge in [0.15, 0.2) is 11.6 Å². The molecule has 0 radical (unpaired) electrons. The predicted molar refractivity (Wildman–Crippen MR) is 64.7 cm³/mol. The van der Waals surface area contributed by atoms with Crippen LogP contribution < -0.4 is 5.32 Å². The highest BCUT2D eigenvalue weighted by Gasteiger charge is 2.16. The molecular weight excluding hydrogens is 262 g/mol. The summed E-state index contributed by atoms with van der Waals surface area (Å²) >= 11 is 1.47. The molecule has 94 valence electrons. The van der Waals surface area contributed by atoms with Crippen molar-refractivity contribution >= 4 is 22.7 Å². The molecule has 1 heterocycles. The Kier molecular flexibility index (Phi) is 3.52. The average molecular weight is 270 g/mol. The first-order valence-electron chi connectivity index (χ1n) is 4.96. The van der Waals surface area contributed by atoms with Crippen molar-refractivity contribution in [3.8, 4) is 0 Å². The molecule has 1 aromatic carbocycles. The third-order valence-corrected chi connectivity index (χ3v) is 3.02. The molecule has 0 bridgehead atoms. The Hall–Kier alpha value is -2.02. The number of nitrogens with zero attached hydrogens (tertiary/aromatic N) is 1. The lowest BCUT2D eigenvalue weighted by atomic mass is 10.2. The zero-order valence-electron chi connectivity index (χ0n) is 9.02. The van der Waals surface area contributed by atoms with E-state index in [2.05, 4.69) is 5.32 Å². The number of non-ortho nitro benzene ring substituents is 1. The first-order valence-corrected chi connectivity index (χ1v) is 5.90. The van der Waals surface area contributed by atoms with Crippen LogP contribution in [-0.4, -0.2) is 4.92 Å². The van der Waals surface area contributed by atoms with Gasteiger partial charge in [0.2, 0.25) is 0 Å². The monoisotopic (exact) mass is 270 g/mol. The van der Waals surface area contributed by atoms with E-state index >= 15 is 0 Å². The van der Waals surface area contributed by atoms with Gasteiger partial charge >= 0.3 is 0 Å². The van der Waals surface area contributed by atoms with E-state index in [9.17, 15) is 18.9 Å². The van der Waals surface area contributed by atoms with E-state index < -0.39 is 22.2 Å². The molecule has 1 N–H and O–H groups in total. The van der Waals surface area contributed by atoms with Gasteiger partial charge in [-0.1, -0.05) is 0 Å². The maximum atomic E-state index is 13.5. The Morgan fingerprint density at radius 2 is 2.00 bits per heavy atom. The molecule has 0 fully saturated rings. The quantitative estimate of drug-likeness (QED) is 0.682. The van der Waals surface area contributed by atoms with E-state index in [0.717, 1.165) is 5.56 Å². The van der Waals surface area contributed by atoms with Crippen molar-refractivity contribution in [2.45, 2.75) is 6.54 Å². The number of benzene rings is 1. The summed E-state index contributed by atoms with van der Waals surface area (Å²) in [4.78, 5) is 9.58. The molecule has 0 unspecified atom stereocenters. The van der Waals surface area contributed by atoms with Crippen molar-refractivity contribution in [3.05, 3.63) is 56.3 Å². The van der Waals surface area contributed by atoms with E-state index in [4.69, 9.17) is 0 Å². The molecule has 0 atom stereocenters. The standard InChI is InChI=1S/C11H8F2N2O2S/c12-9-3-8(15(16)17)4-10(13)11(9)14-5-7-1-2-18-6-7/h1-4,6,14H,5H2. The topological polar surface area (TPSA) is 55.2 Å². The van der Waals surface area contributed by atoms with Gasteiger partial charge in [-0.05, 0) is 22.4 Å². The van der Waals surface area contributed by atoms with Crippen LogP contribution in [0, 0.1) is 21.7 Å². The van der Waals surface area contributed by atoms with Crippen LogP contribution >= 0.6 is 11.3 Å². The number of hydrogen-bond acceptors (Lipinski definition) is 4. The fraction of sp³-hybridized carbons (Fsp3) is 0.0909. The summed E-state index contributed by atoms with van der Waals surface area (Å²) in [6.45, 7) is 0.259. The average Bonchev–Trinajstić information content (AvgIpc) is 2.80. The van der Waals surface area contributed by atoms with E-state index in [1.54, 1.807) is 0 Å². The van der Waals surface area contributed by atoms with Crippen LogP contribution in [0.15, 0.2) is 29.0 Å². The van der Waals surface area contributed by atoms with Crippen molar-refractivity contribution in [1.29, 1.82) is 0 Å². The number of nitrogens with one attached hydrogen (secondary N) is 1. The SMILES string of the molecule is O=[N+]([O-])c1cc(F)c(NCc2ccsc2)c(F)c1. The van der Waals surface area contributed by atoms with E-state index in [0.29, 0.717) is 12.1 Å². The lowest BCUT2D eigenvalue weighted by Crippen LogP contribution is -2.04. The molecule has 1 aromatic heterocycles. The van der Waals surface area contributed by atoms with Gasteiger partial charge in [0.1, 0.15) is 5.69 Å². The fourth-order valence-corrected chi connectivity index (χ4v) is 2.09. The molecule has 18 heavy (non-hydrogen) atoms. The van der Waals surface area contributed by atoms with Gasteiger partial charge in [0.25, 0.3) is 5.69 Å². The second kappa shape index (κ2) is 5.09. The molecule has 0 aliphatic heterocycles. The zero-order valence-corrected chi connectivity index (χ0v) is 9.84. The maximum Gasteiger partial charge on any atom is 0.275 e. The summed E-state index contributed by atoms with van der Waals surface area (Å²) in [6, 6.07) is 3.21. The highest BCUT2D eigenvalue weighted by atomic mass is 32.1. The van der Waals surface area contributed by atoms with Crippen molar-refractivity contribution < 1.29 is 13.7 Å². The molecule has 0 saturated heterocycles. The highest BCUT2D eigenvalue weighted by Crippen LogP contribution is 2.25. The lowest BCUT2D eigenvalue weighted by Gasteiger charge is -2.07. The number of nitro benzene ring substituents is 1. The van der Waals surface area contributed by atoms with E-state index in [-0.39, 0.29) is 12.2 Å². The largest absolute Gasteiger partial charge is 0.376 e. The maximum absolute atomic E-state index is 13.5. The minimum Gasteiger partial charge on any atom is -0.376 e. The first-order chi connectivity index (χ1) is 8.58. The molecule has 0 spiro atoms. The Morgan fingerprint density at radius 1 is 1.33 bits per heavy atom. The molecule has 2 rings (SSSR count). The van der Waals surface area contributed by atoms with Crippen molar-refractivity contribution in [2.24, 2.45) is 0 Å². The molecule has 0 saturated carbocycles. The lowest BCUT2D eigenvalue weighted by molar-refractivity contribution is -0.385. The normalized spacial score (nSPS) is 10.3. The molecule has 4 nitrogen and oxygen atoms in total. The van der Waals surface area contributed by atoms with Gasteiger partial charge in [-0.3, -0.25) is 10.1 Å². The molecule has 0 amide bonds. The first kappa shape index (κ1) is 12.4. The van der Waals surface area contributed by atoms with Crippen LogP contribution in [0.2, 0.25) is 0 Å². The van der Waals surface area contributed by atoms with Crippen LogP contribution in [-0.2, 0) is 6.54 Å². The van der Waals surface area contributed by atoms with Gasteiger partial charge in [0, 0.05) is 6.54 Å². The number of anilines is 1. The van der Waals surface area contributed by atoms with Crippen LogP contribution in [0.4, 0.5) is 20.2 Å². The second-order valence-corrected chi connectivity index (χ2v) is 4.31. The third-order valence-electron chi connectivity index (χ3n) is 2.29. The Morgan fingerprint density at radius 3 is 2.50 bits per heavy atom. The zero-order chi connectivity index (χ0) is 13.1. The molecule has 7 heteroatoms. The van der Waals surface area contributed by atoms with Gasteiger partial charge in [-0.15, -0.1) is 0 Å². The predicted octanol–water partition coefficient (Wildman–Crippen LogP) is 3.55. The van der Waals surface area contributed by atoms with Gasteiger partial charge < -0.3 is 5.32 Å². The van der Waals surface area contributed by atoms with Gasteiger partial charge in [0.05, 0.1) is 17.1 Å². The minimum absolute atomic E-state index is 0.259. The van der Waals surface area contributed by atoms with Gasteiger partial charge in [-0.2, -0.15) is 11.3 Å². The Balaban J connectivity index is 2.20. The van der Waals surface area contributed by atoms with E-state index in [1.807, 2.05) is 16.8 Å².